The molecule has 1 atom stereocenters. The lowest BCUT2D eigenvalue weighted by Crippen LogP contribution is -2.43. The molecule has 0 saturated carbocycles. The molecule has 0 unspecified atom stereocenters. The Morgan fingerprint density at radius 1 is 1.24 bits per heavy atom. The third-order valence-corrected chi connectivity index (χ3v) is 6.01. The van der Waals surface area contributed by atoms with Gasteiger partial charge in [0.15, 0.2) is 0 Å². The summed E-state index contributed by atoms with van der Waals surface area (Å²) in [5.41, 5.74) is 0.958. The van der Waals surface area contributed by atoms with Crippen LogP contribution in [-0.4, -0.2) is 36.2 Å². The average Bonchev–Trinajstić information content (AvgIpc) is 3.08. The normalized spacial score (nSPS) is 18.2. The van der Waals surface area contributed by atoms with Crippen molar-refractivity contribution in [2.24, 2.45) is 0 Å². The summed E-state index contributed by atoms with van der Waals surface area (Å²) in [5.74, 6) is -0.554. The highest BCUT2D eigenvalue weighted by Gasteiger charge is 2.39. The first-order valence-electron chi connectivity index (χ1n) is 7.89. The van der Waals surface area contributed by atoms with Crippen LogP contribution in [0.3, 0.4) is 0 Å². The Morgan fingerprint density at radius 3 is 2.60 bits per heavy atom. The van der Waals surface area contributed by atoms with Crippen LogP contribution in [0.4, 0.5) is 10.2 Å². The van der Waals surface area contributed by atoms with Crippen molar-refractivity contribution in [1.82, 2.24) is 9.29 Å². The Labute approximate surface area is 145 Å². The maximum absolute atomic E-state index is 13.0. The lowest BCUT2D eigenvalue weighted by Gasteiger charge is -2.23. The number of rotatable bonds is 4. The second-order valence-corrected chi connectivity index (χ2v) is 7.83. The van der Waals surface area contributed by atoms with E-state index in [1.165, 1.54) is 16.4 Å². The molecule has 0 radical (unpaired) electrons. The predicted molar refractivity (Wildman–Crippen MR) is 90.9 cm³/mol. The molecule has 1 saturated heterocycles. The number of hydrogen-bond donors (Lipinski definition) is 1. The quantitative estimate of drug-likeness (QED) is 0.904. The summed E-state index contributed by atoms with van der Waals surface area (Å²) in [6.45, 7) is 2.13. The van der Waals surface area contributed by atoms with Crippen LogP contribution in [0.2, 0.25) is 0 Å². The van der Waals surface area contributed by atoms with E-state index in [0.29, 0.717) is 18.7 Å². The molecule has 132 valence electrons. The van der Waals surface area contributed by atoms with Crippen LogP contribution in [0.15, 0.2) is 47.5 Å². The predicted octanol–water partition coefficient (Wildman–Crippen LogP) is 2.32. The standard InChI is InChI=1S/C17H18FN3O3S/c1-12-4-9-16(19-11-12)20-17(22)15-3-2-10-21(15)25(23,24)14-7-5-13(18)6-8-14/h4-9,11,15H,2-3,10H2,1H3,(H,19,20,22)/t15-/m0/s1. The summed E-state index contributed by atoms with van der Waals surface area (Å²) in [7, 11) is -3.86. The molecule has 2 heterocycles. The third-order valence-electron chi connectivity index (χ3n) is 4.09. The highest BCUT2D eigenvalue weighted by molar-refractivity contribution is 7.89. The number of carbonyl (C=O) groups excluding carboxylic acids is 1. The zero-order valence-corrected chi connectivity index (χ0v) is 14.5. The van der Waals surface area contributed by atoms with E-state index in [4.69, 9.17) is 0 Å². The van der Waals surface area contributed by atoms with Crippen LogP contribution < -0.4 is 5.32 Å². The van der Waals surface area contributed by atoms with Gasteiger partial charge in [-0.25, -0.2) is 17.8 Å². The largest absolute Gasteiger partial charge is 0.309 e. The molecule has 1 aliphatic heterocycles. The SMILES string of the molecule is Cc1ccc(NC(=O)[C@@H]2CCCN2S(=O)(=O)c2ccc(F)cc2)nc1. The minimum absolute atomic E-state index is 0.0259. The molecule has 1 amide bonds. The van der Waals surface area contributed by atoms with E-state index in [2.05, 4.69) is 10.3 Å². The molecular formula is C17H18FN3O3S. The number of halogens is 1. The summed E-state index contributed by atoms with van der Waals surface area (Å²) in [6.07, 6.45) is 2.63. The van der Waals surface area contributed by atoms with Crippen LogP contribution in [0, 0.1) is 12.7 Å². The van der Waals surface area contributed by atoms with E-state index in [-0.39, 0.29) is 11.4 Å². The summed E-state index contributed by atoms with van der Waals surface area (Å²) in [4.78, 5) is 16.6. The second-order valence-electron chi connectivity index (χ2n) is 5.94. The summed E-state index contributed by atoms with van der Waals surface area (Å²) < 4.78 is 39.7. The fourth-order valence-corrected chi connectivity index (χ4v) is 4.44. The van der Waals surface area contributed by atoms with Crippen LogP contribution in [0.1, 0.15) is 18.4 Å². The van der Waals surface area contributed by atoms with Gasteiger partial charge in [-0.1, -0.05) is 6.07 Å². The number of amides is 1. The van der Waals surface area contributed by atoms with Gasteiger partial charge in [-0.05, 0) is 55.7 Å². The maximum atomic E-state index is 13.0. The molecule has 2 aromatic rings. The molecule has 25 heavy (non-hydrogen) atoms. The number of pyridine rings is 1. The lowest BCUT2D eigenvalue weighted by molar-refractivity contribution is -0.119. The van der Waals surface area contributed by atoms with E-state index in [1.807, 2.05) is 13.0 Å². The van der Waals surface area contributed by atoms with E-state index in [1.54, 1.807) is 12.3 Å². The Balaban J connectivity index is 1.80. The Kier molecular flexibility index (Phi) is 4.82. The second kappa shape index (κ2) is 6.89. The molecule has 0 aliphatic carbocycles. The van der Waals surface area contributed by atoms with Gasteiger partial charge in [-0.15, -0.1) is 0 Å². The van der Waals surface area contributed by atoms with Gasteiger partial charge in [0.2, 0.25) is 15.9 Å². The van der Waals surface area contributed by atoms with Crippen molar-refractivity contribution in [1.29, 1.82) is 0 Å². The van der Waals surface area contributed by atoms with Gasteiger partial charge in [0.05, 0.1) is 4.90 Å². The summed E-state index contributed by atoms with van der Waals surface area (Å²) in [6, 6.07) is 7.27. The highest BCUT2D eigenvalue weighted by atomic mass is 32.2. The number of aromatic nitrogens is 1. The number of hydrogen-bond acceptors (Lipinski definition) is 4. The van der Waals surface area contributed by atoms with Gasteiger partial charge in [0, 0.05) is 12.7 Å². The van der Waals surface area contributed by atoms with Crippen molar-refractivity contribution in [3.05, 3.63) is 54.0 Å². The molecule has 8 heteroatoms. The third kappa shape index (κ3) is 3.69. The summed E-state index contributed by atoms with van der Waals surface area (Å²) in [5, 5.41) is 2.66. The zero-order valence-electron chi connectivity index (χ0n) is 13.6. The molecule has 0 spiro atoms. The number of benzene rings is 1. The smallest absolute Gasteiger partial charge is 0.243 e. The number of nitrogens with zero attached hydrogens (tertiary/aromatic N) is 2. The highest BCUT2D eigenvalue weighted by Crippen LogP contribution is 2.27. The molecule has 6 nitrogen and oxygen atoms in total. The number of anilines is 1. The van der Waals surface area contributed by atoms with Crippen molar-refractivity contribution >= 4 is 21.7 Å². The first-order valence-corrected chi connectivity index (χ1v) is 9.33. The minimum atomic E-state index is -3.86. The Hall–Kier alpha value is -2.32. The molecule has 3 rings (SSSR count). The van der Waals surface area contributed by atoms with E-state index >= 15 is 0 Å². The maximum Gasteiger partial charge on any atom is 0.243 e. The van der Waals surface area contributed by atoms with Crippen molar-refractivity contribution in [2.45, 2.75) is 30.7 Å². The number of sulfonamides is 1. The monoisotopic (exact) mass is 363 g/mol. The molecule has 1 aromatic carbocycles. The fourth-order valence-electron chi connectivity index (χ4n) is 2.78. The molecule has 0 bridgehead atoms. The molecule has 1 aliphatic rings. The molecular weight excluding hydrogens is 345 g/mol. The topological polar surface area (TPSA) is 79.4 Å². The molecule has 1 N–H and O–H groups in total. The number of carbonyl (C=O) groups is 1. The van der Waals surface area contributed by atoms with Crippen LogP contribution in [0.25, 0.3) is 0 Å². The Morgan fingerprint density at radius 2 is 1.96 bits per heavy atom. The van der Waals surface area contributed by atoms with Crippen molar-refractivity contribution in [3.8, 4) is 0 Å². The van der Waals surface area contributed by atoms with Crippen LogP contribution >= 0.6 is 0 Å². The molecule has 1 aromatic heterocycles. The van der Waals surface area contributed by atoms with Crippen molar-refractivity contribution in [3.63, 3.8) is 0 Å². The van der Waals surface area contributed by atoms with Gasteiger partial charge in [-0.2, -0.15) is 4.31 Å². The van der Waals surface area contributed by atoms with Gasteiger partial charge < -0.3 is 5.32 Å². The van der Waals surface area contributed by atoms with Crippen molar-refractivity contribution in [2.75, 3.05) is 11.9 Å². The Bertz CT molecular complexity index is 867. The average molecular weight is 363 g/mol. The number of aryl methyl sites for hydroxylation is 1. The van der Waals surface area contributed by atoms with E-state index in [9.17, 15) is 17.6 Å². The first kappa shape index (κ1) is 17.5. The number of nitrogens with one attached hydrogen (secondary N) is 1. The zero-order chi connectivity index (χ0) is 18.0. The molecule has 1 fully saturated rings. The first-order chi connectivity index (χ1) is 11.9. The van der Waals surface area contributed by atoms with E-state index in [0.717, 1.165) is 17.7 Å². The van der Waals surface area contributed by atoms with E-state index < -0.39 is 27.8 Å². The van der Waals surface area contributed by atoms with Gasteiger partial charge in [0.25, 0.3) is 0 Å². The lowest BCUT2D eigenvalue weighted by atomic mass is 10.2. The van der Waals surface area contributed by atoms with Gasteiger partial charge in [0.1, 0.15) is 17.7 Å². The minimum Gasteiger partial charge on any atom is -0.309 e. The van der Waals surface area contributed by atoms with Crippen LogP contribution in [-0.2, 0) is 14.8 Å². The fraction of sp³-hybridized carbons (Fsp3) is 0.294. The van der Waals surface area contributed by atoms with Gasteiger partial charge in [-0.3, -0.25) is 4.79 Å². The van der Waals surface area contributed by atoms with Gasteiger partial charge >= 0.3 is 0 Å². The van der Waals surface area contributed by atoms with Crippen LogP contribution in [0.5, 0.6) is 0 Å². The summed E-state index contributed by atoms with van der Waals surface area (Å²) >= 11 is 0. The van der Waals surface area contributed by atoms with Crippen molar-refractivity contribution < 1.29 is 17.6 Å².